The van der Waals surface area contributed by atoms with Crippen LogP contribution in [-0.2, 0) is 16.6 Å². The van der Waals surface area contributed by atoms with Crippen molar-refractivity contribution < 1.29 is 19.4 Å². The van der Waals surface area contributed by atoms with E-state index in [0.717, 1.165) is 19.3 Å². The number of carboxylic acids is 1. The summed E-state index contributed by atoms with van der Waals surface area (Å²) in [6.07, 6.45) is 2.90. The average molecular weight is 337 g/mol. The molecule has 1 amide bonds. The highest BCUT2D eigenvalue weighted by molar-refractivity contribution is 5.98. The first-order chi connectivity index (χ1) is 12.0. The van der Waals surface area contributed by atoms with Crippen molar-refractivity contribution in [2.24, 2.45) is 5.92 Å². The van der Waals surface area contributed by atoms with Gasteiger partial charge in [-0.2, -0.15) is 0 Å². The number of amides is 1. The number of carboxylic acid groups (broad SMARTS) is 1. The first-order valence-corrected chi connectivity index (χ1v) is 8.36. The van der Waals surface area contributed by atoms with Crippen LogP contribution in [0.3, 0.4) is 0 Å². The van der Waals surface area contributed by atoms with Crippen molar-refractivity contribution in [3.63, 3.8) is 0 Å². The van der Waals surface area contributed by atoms with Crippen LogP contribution in [0.4, 0.5) is 5.69 Å². The van der Waals surface area contributed by atoms with Crippen molar-refractivity contribution in [1.29, 1.82) is 0 Å². The van der Waals surface area contributed by atoms with E-state index < -0.39 is 5.97 Å². The van der Waals surface area contributed by atoms with Gasteiger partial charge >= 0.3 is 5.97 Å². The number of benzene rings is 2. The first kappa shape index (κ1) is 15.7. The van der Waals surface area contributed by atoms with E-state index in [1.54, 1.807) is 6.07 Å². The summed E-state index contributed by atoms with van der Waals surface area (Å²) in [5.41, 5.74) is 3.27. The largest absolute Gasteiger partial charge is 0.495 e. The van der Waals surface area contributed by atoms with Crippen molar-refractivity contribution in [1.82, 2.24) is 0 Å². The summed E-state index contributed by atoms with van der Waals surface area (Å²) in [5, 5.41) is 12.0. The third-order valence-electron chi connectivity index (χ3n) is 5.49. The minimum Gasteiger partial charge on any atom is -0.495 e. The molecule has 25 heavy (non-hydrogen) atoms. The SMILES string of the molecule is COc1cc(C(=O)O)ccc1NC(=O)C1CC12CCc1ccccc12. The Labute approximate surface area is 145 Å². The van der Waals surface area contributed by atoms with E-state index in [4.69, 9.17) is 9.84 Å². The van der Waals surface area contributed by atoms with Crippen LogP contribution in [0.1, 0.15) is 34.3 Å². The van der Waals surface area contributed by atoms with Crippen LogP contribution in [0.25, 0.3) is 0 Å². The number of rotatable bonds is 4. The third-order valence-corrected chi connectivity index (χ3v) is 5.49. The third kappa shape index (κ3) is 2.47. The number of nitrogens with one attached hydrogen (secondary N) is 1. The van der Waals surface area contributed by atoms with E-state index >= 15 is 0 Å². The zero-order chi connectivity index (χ0) is 17.6. The van der Waals surface area contributed by atoms with E-state index in [1.807, 2.05) is 12.1 Å². The van der Waals surface area contributed by atoms with E-state index in [2.05, 4.69) is 17.4 Å². The second kappa shape index (κ2) is 5.62. The molecule has 5 heteroatoms. The molecule has 0 saturated heterocycles. The molecule has 2 aliphatic rings. The summed E-state index contributed by atoms with van der Waals surface area (Å²) in [7, 11) is 1.46. The Kier molecular flexibility index (Phi) is 3.53. The molecule has 2 N–H and O–H groups in total. The van der Waals surface area contributed by atoms with Crippen molar-refractivity contribution >= 4 is 17.6 Å². The lowest BCUT2D eigenvalue weighted by Crippen LogP contribution is -2.20. The molecule has 2 unspecified atom stereocenters. The zero-order valence-corrected chi connectivity index (χ0v) is 13.9. The molecule has 2 aromatic rings. The topological polar surface area (TPSA) is 75.6 Å². The van der Waals surface area contributed by atoms with Crippen molar-refractivity contribution in [2.45, 2.75) is 24.7 Å². The van der Waals surface area contributed by atoms with Crippen LogP contribution < -0.4 is 10.1 Å². The molecule has 0 bridgehead atoms. The van der Waals surface area contributed by atoms with Gasteiger partial charge < -0.3 is 15.2 Å². The molecular weight excluding hydrogens is 318 g/mol. The predicted molar refractivity (Wildman–Crippen MR) is 93.1 cm³/mol. The number of fused-ring (bicyclic) bond motifs is 2. The van der Waals surface area contributed by atoms with Gasteiger partial charge in [-0.3, -0.25) is 4.79 Å². The van der Waals surface area contributed by atoms with Gasteiger partial charge in [0, 0.05) is 11.3 Å². The second-order valence-electron chi connectivity index (χ2n) is 6.78. The standard InChI is InChI=1S/C20H19NO4/c1-25-17-10-13(19(23)24)6-7-16(17)21-18(22)15-11-20(15)9-8-12-4-2-3-5-14(12)20/h2-7,10,15H,8-9,11H2,1H3,(H,21,22)(H,23,24). The molecule has 0 aliphatic heterocycles. The molecule has 0 radical (unpaired) electrons. The van der Waals surface area contributed by atoms with Crippen LogP contribution in [0.2, 0.25) is 0 Å². The molecule has 2 atom stereocenters. The number of hydrogen-bond acceptors (Lipinski definition) is 3. The van der Waals surface area contributed by atoms with Gasteiger partial charge in [0.05, 0.1) is 18.4 Å². The number of methoxy groups -OCH3 is 1. The van der Waals surface area contributed by atoms with Gasteiger partial charge in [-0.25, -0.2) is 4.79 Å². The van der Waals surface area contributed by atoms with E-state index in [0.29, 0.717) is 11.4 Å². The Morgan fingerprint density at radius 1 is 1.24 bits per heavy atom. The Morgan fingerprint density at radius 2 is 2.04 bits per heavy atom. The maximum absolute atomic E-state index is 12.7. The lowest BCUT2D eigenvalue weighted by atomic mass is 9.95. The number of aryl methyl sites for hydroxylation is 1. The Bertz CT molecular complexity index is 876. The fourth-order valence-corrected chi connectivity index (χ4v) is 4.09. The average Bonchev–Trinajstić information content (AvgIpc) is 3.24. The second-order valence-corrected chi connectivity index (χ2v) is 6.78. The van der Waals surface area contributed by atoms with Crippen molar-refractivity contribution in [2.75, 3.05) is 12.4 Å². The van der Waals surface area contributed by atoms with Crippen LogP contribution in [-0.4, -0.2) is 24.1 Å². The van der Waals surface area contributed by atoms with Gasteiger partial charge in [-0.1, -0.05) is 24.3 Å². The number of carbonyl (C=O) groups is 2. The molecule has 1 spiro atoms. The molecule has 1 saturated carbocycles. The normalized spacial score (nSPS) is 23.2. The summed E-state index contributed by atoms with van der Waals surface area (Å²) in [6, 6.07) is 12.8. The molecule has 0 aromatic heterocycles. The summed E-state index contributed by atoms with van der Waals surface area (Å²) in [6.45, 7) is 0. The maximum atomic E-state index is 12.7. The van der Waals surface area contributed by atoms with Crippen molar-refractivity contribution in [3.8, 4) is 5.75 Å². The Morgan fingerprint density at radius 3 is 2.80 bits per heavy atom. The highest BCUT2D eigenvalue weighted by atomic mass is 16.5. The highest BCUT2D eigenvalue weighted by Gasteiger charge is 2.61. The van der Waals surface area contributed by atoms with Crippen LogP contribution in [0.5, 0.6) is 5.75 Å². The quantitative estimate of drug-likeness (QED) is 0.898. The van der Waals surface area contributed by atoms with E-state index in [1.165, 1.54) is 30.4 Å². The zero-order valence-electron chi connectivity index (χ0n) is 13.9. The van der Waals surface area contributed by atoms with Gasteiger partial charge in [0.2, 0.25) is 5.91 Å². The summed E-state index contributed by atoms with van der Waals surface area (Å²) in [5.74, 6) is -0.743. The lowest BCUT2D eigenvalue weighted by molar-refractivity contribution is -0.117. The number of hydrogen-bond donors (Lipinski definition) is 2. The van der Waals surface area contributed by atoms with Crippen LogP contribution in [0, 0.1) is 5.92 Å². The summed E-state index contributed by atoms with van der Waals surface area (Å²) in [4.78, 5) is 23.8. The molecule has 128 valence electrons. The summed E-state index contributed by atoms with van der Waals surface area (Å²) >= 11 is 0. The minimum absolute atomic E-state index is 0.0189. The predicted octanol–water partition coefficient (Wildman–Crippen LogP) is 3.24. The van der Waals surface area contributed by atoms with E-state index in [-0.39, 0.29) is 22.8 Å². The molecule has 0 heterocycles. The van der Waals surface area contributed by atoms with E-state index in [9.17, 15) is 9.59 Å². The fraction of sp³-hybridized carbons (Fsp3) is 0.300. The first-order valence-electron chi connectivity index (χ1n) is 8.36. The van der Waals surface area contributed by atoms with Gasteiger partial charge in [0.25, 0.3) is 0 Å². The lowest BCUT2D eigenvalue weighted by Gasteiger charge is -2.14. The maximum Gasteiger partial charge on any atom is 0.335 e. The number of anilines is 1. The van der Waals surface area contributed by atoms with Gasteiger partial charge in [-0.15, -0.1) is 0 Å². The number of carbonyl (C=O) groups excluding carboxylic acids is 1. The minimum atomic E-state index is -1.03. The van der Waals surface area contributed by atoms with Gasteiger partial charge in [0.15, 0.2) is 0 Å². The van der Waals surface area contributed by atoms with Crippen molar-refractivity contribution in [3.05, 3.63) is 59.2 Å². The molecule has 5 nitrogen and oxygen atoms in total. The molecule has 1 fully saturated rings. The summed E-state index contributed by atoms with van der Waals surface area (Å²) < 4.78 is 5.23. The van der Waals surface area contributed by atoms with Crippen LogP contribution >= 0.6 is 0 Å². The molecular formula is C20H19NO4. The number of aromatic carboxylic acids is 1. The molecule has 2 aromatic carbocycles. The van der Waals surface area contributed by atoms with Crippen LogP contribution in [0.15, 0.2) is 42.5 Å². The Balaban J connectivity index is 1.54. The molecule has 2 aliphatic carbocycles. The smallest absolute Gasteiger partial charge is 0.335 e. The number of ether oxygens (including phenoxy) is 1. The highest BCUT2D eigenvalue weighted by Crippen LogP contribution is 2.61. The fourth-order valence-electron chi connectivity index (χ4n) is 4.09. The van der Waals surface area contributed by atoms with Gasteiger partial charge in [0.1, 0.15) is 5.75 Å². The van der Waals surface area contributed by atoms with Gasteiger partial charge in [-0.05, 0) is 48.6 Å². The Hall–Kier alpha value is -2.82. The monoisotopic (exact) mass is 337 g/mol. The molecule has 4 rings (SSSR count).